The Morgan fingerprint density at radius 1 is 1.50 bits per heavy atom. The highest BCUT2D eigenvalue weighted by Gasteiger charge is 2.05. The summed E-state index contributed by atoms with van der Waals surface area (Å²) in [6.45, 7) is 6.33. The van der Waals surface area contributed by atoms with Crippen LogP contribution in [0.1, 0.15) is 20.3 Å². The van der Waals surface area contributed by atoms with Crippen molar-refractivity contribution in [3.8, 4) is 0 Å². The first-order valence-electron chi connectivity index (χ1n) is 4.28. The highest BCUT2D eigenvalue weighted by molar-refractivity contribution is 8.22. The maximum absolute atomic E-state index is 5.25. The molecule has 0 radical (unpaired) electrons. The molecule has 0 fully saturated rings. The van der Waals surface area contributed by atoms with Crippen molar-refractivity contribution in [2.45, 2.75) is 20.3 Å². The van der Waals surface area contributed by atoms with Crippen LogP contribution in [0.25, 0.3) is 0 Å². The molecule has 0 aliphatic rings. The summed E-state index contributed by atoms with van der Waals surface area (Å²) in [5, 5.41) is 0. The highest BCUT2D eigenvalue weighted by Crippen LogP contribution is 2.09. The average Bonchev–Trinajstić information content (AvgIpc) is 2.06. The lowest BCUT2D eigenvalue weighted by Crippen LogP contribution is -2.28. The van der Waals surface area contributed by atoms with Gasteiger partial charge in [-0.15, -0.1) is 0 Å². The smallest absolute Gasteiger partial charge is 0.136 e. The van der Waals surface area contributed by atoms with Crippen molar-refractivity contribution >= 4 is 40.9 Å². The molecule has 0 aromatic rings. The van der Waals surface area contributed by atoms with Crippen molar-refractivity contribution in [2.75, 3.05) is 24.6 Å². The fourth-order valence-corrected chi connectivity index (χ4v) is 2.22. The zero-order valence-corrected chi connectivity index (χ0v) is 10.3. The van der Waals surface area contributed by atoms with Gasteiger partial charge < -0.3 is 4.90 Å². The van der Waals surface area contributed by atoms with Gasteiger partial charge in [-0.05, 0) is 24.9 Å². The maximum atomic E-state index is 5.25. The Bertz CT molecular complexity index is 127. The number of thiol groups is 1. The summed E-state index contributed by atoms with van der Waals surface area (Å²) in [6.07, 6.45) is 1.11. The molecule has 0 rings (SSSR count). The van der Waals surface area contributed by atoms with Crippen LogP contribution in [-0.2, 0) is 0 Å². The van der Waals surface area contributed by atoms with E-state index in [4.69, 9.17) is 12.2 Å². The molecule has 0 saturated heterocycles. The van der Waals surface area contributed by atoms with Crippen LogP contribution in [0.3, 0.4) is 0 Å². The van der Waals surface area contributed by atoms with Crippen molar-refractivity contribution in [3.63, 3.8) is 0 Å². The molecule has 12 heavy (non-hydrogen) atoms. The summed E-state index contributed by atoms with van der Waals surface area (Å²) in [6, 6.07) is 0. The first kappa shape index (κ1) is 12.6. The van der Waals surface area contributed by atoms with E-state index >= 15 is 0 Å². The molecule has 0 unspecified atom stereocenters. The van der Waals surface area contributed by atoms with Gasteiger partial charge >= 0.3 is 0 Å². The normalized spacial score (nSPS) is 9.92. The van der Waals surface area contributed by atoms with Crippen LogP contribution in [0.4, 0.5) is 0 Å². The lowest BCUT2D eigenvalue weighted by molar-refractivity contribution is 0.456. The third-order valence-corrected chi connectivity index (χ3v) is 3.22. The van der Waals surface area contributed by atoms with Crippen LogP contribution in [-0.4, -0.2) is 33.8 Å². The molecule has 1 nitrogen and oxygen atoms in total. The van der Waals surface area contributed by atoms with E-state index in [9.17, 15) is 0 Å². The van der Waals surface area contributed by atoms with Crippen LogP contribution >= 0.6 is 36.6 Å². The van der Waals surface area contributed by atoms with Crippen LogP contribution in [0.2, 0.25) is 0 Å². The van der Waals surface area contributed by atoms with E-state index < -0.39 is 0 Å². The standard InChI is InChI=1S/C8H17NS3/c1-3-9(6-5-7-10)8(11)12-4-2/h10H,3-7H2,1-2H3. The molecule has 72 valence electrons. The van der Waals surface area contributed by atoms with Crippen LogP contribution in [0.5, 0.6) is 0 Å². The summed E-state index contributed by atoms with van der Waals surface area (Å²) in [5.41, 5.74) is 0. The van der Waals surface area contributed by atoms with Crippen LogP contribution < -0.4 is 0 Å². The Morgan fingerprint density at radius 2 is 2.17 bits per heavy atom. The quantitative estimate of drug-likeness (QED) is 0.564. The number of rotatable bonds is 5. The minimum atomic E-state index is 0.940. The summed E-state index contributed by atoms with van der Waals surface area (Å²) >= 11 is 11.2. The summed E-state index contributed by atoms with van der Waals surface area (Å²) in [5.74, 6) is 2.01. The Hall–Kier alpha value is 0.590. The summed E-state index contributed by atoms with van der Waals surface area (Å²) in [4.78, 5) is 2.24. The molecule has 0 aromatic heterocycles. The number of hydrogen-bond donors (Lipinski definition) is 1. The average molecular weight is 223 g/mol. The van der Waals surface area contributed by atoms with Crippen molar-refractivity contribution in [1.29, 1.82) is 0 Å². The van der Waals surface area contributed by atoms with Gasteiger partial charge in [0.15, 0.2) is 0 Å². The zero-order valence-electron chi connectivity index (χ0n) is 7.75. The van der Waals surface area contributed by atoms with E-state index in [1.54, 1.807) is 11.8 Å². The predicted octanol–water partition coefficient (Wildman–Crippen LogP) is 2.67. The predicted molar refractivity (Wildman–Crippen MR) is 66.4 cm³/mol. The third-order valence-electron chi connectivity index (χ3n) is 1.49. The second-order valence-corrected chi connectivity index (χ2v) is 4.70. The molecule has 0 aliphatic carbocycles. The van der Waals surface area contributed by atoms with Crippen molar-refractivity contribution in [1.82, 2.24) is 4.90 Å². The topological polar surface area (TPSA) is 3.24 Å². The lowest BCUT2D eigenvalue weighted by Gasteiger charge is -2.22. The second-order valence-electron chi connectivity index (χ2n) is 2.36. The Kier molecular flexibility index (Phi) is 8.60. The van der Waals surface area contributed by atoms with Gasteiger partial charge in [0.1, 0.15) is 4.32 Å². The van der Waals surface area contributed by atoms with Crippen molar-refractivity contribution in [2.24, 2.45) is 0 Å². The zero-order chi connectivity index (χ0) is 9.40. The molecule has 0 spiro atoms. The molecule has 0 amide bonds. The fraction of sp³-hybridized carbons (Fsp3) is 0.875. The van der Waals surface area contributed by atoms with Gasteiger partial charge in [-0.25, -0.2) is 0 Å². The van der Waals surface area contributed by atoms with Gasteiger partial charge in [0.25, 0.3) is 0 Å². The molecule has 0 atom stereocenters. The summed E-state index contributed by atoms with van der Waals surface area (Å²) in [7, 11) is 0. The third kappa shape index (κ3) is 5.27. The Morgan fingerprint density at radius 3 is 2.58 bits per heavy atom. The van der Waals surface area contributed by atoms with Crippen molar-refractivity contribution in [3.05, 3.63) is 0 Å². The van der Waals surface area contributed by atoms with Crippen LogP contribution in [0.15, 0.2) is 0 Å². The van der Waals surface area contributed by atoms with Gasteiger partial charge in [0.05, 0.1) is 0 Å². The summed E-state index contributed by atoms with van der Waals surface area (Å²) < 4.78 is 1.03. The molecular formula is C8H17NS3. The minimum absolute atomic E-state index is 0.940. The lowest BCUT2D eigenvalue weighted by atomic mass is 10.4. The first-order chi connectivity index (χ1) is 5.76. The molecular weight excluding hydrogens is 206 g/mol. The largest absolute Gasteiger partial charge is 0.358 e. The SMILES string of the molecule is CCSC(=S)N(CC)CCCS. The number of thiocarbonyl (C=S) groups is 1. The fourth-order valence-electron chi connectivity index (χ4n) is 0.855. The van der Waals surface area contributed by atoms with Gasteiger partial charge in [-0.1, -0.05) is 30.9 Å². The van der Waals surface area contributed by atoms with E-state index in [0.717, 1.165) is 35.3 Å². The number of hydrogen-bond acceptors (Lipinski definition) is 3. The van der Waals surface area contributed by atoms with E-state index in [1.165, 1.54) is 0 Å². The van der Waals surface area contributed by atoms with Gasteiger partial charge in [-0.2, -0.15) is 12.6 Å². The van der Waals surface area contributed by atoms with Crippen LogP contribution in [0, 0.1) is 0 Å². The van der Waals surface area contributed by atoms with E-state index in [1.807, 2.05) is 0 Å². The van der Waals surface area contributed by atoms with Gasteiger partial charge in [-0.3, -0.25) is 0 Å². The molecule has 0 bridgehead atoms. The molecule has 0 heterocycles. The molecule has 0 saturated carbocycles. The number of nitrogens with zero attached hydrogens (tertiary/aromatic N) is 1. The monoisotopic (exact) mass is 223 g/mol. The van der Waals surface area contributed by atoms with Gasteiger partial charge in [0.2, 0.25) is 0 Å². The van der Waals surface area contributed by atoms with E-state index in [0.29, 0.717) is 0 Å². The second kappa shape index (κ2) is 8.20. The van der Waals surface area contributed by atoms with E-state index in [2.05, 4.69) is 31.4 Å². The number of thioether (sulfide) groups is 1. The molecule has 4 heteroatoms. The maximum Gasteiger partial charge on any atom is 0.136 e. The Balaban J connectivity index is 3.71. The Labute approximate surface area is 90.7 Å². The highest BCUT2D eigenvalue weighted by atomic mass is 32.2. The molecule has 0 aromatic carbocycles. The van der Waals surface area contributed by atoms with E-state index in [-0.39, 0.29) is 0 Å². The minimum Gasteiger partial charge on any atom is -0.358 e. The first-order valence-corrected chi connectivity index (χ1v) is 6.31. The van der Waals surface area contributed by atoms with Crippen molar-refractivity contribution < 1.29 is 0 Å². The molecule has 0 aliphatic heterocycles. The molecule has 0 N–H and O–H groups in total. The van der Waals surface area contributed by atoms with Gasteiger partial charge in [0, 0.05) is 13.1 Å².